The lowest BCUT2D eigenvalue weighted by molar-refractivity contribution is -0.395. The van der Waals surface area contributed by atoms with Gasteiger partial charge in [-0.15, -0.1) is 5.48 Å². The van der Waals surface area contributed by atoms with Gasteiger partial charge in [0, 0.05) is 42.9 Å². The van der Waals surface area contributed by atoms with Gasteiger partial charge >= 0.3 is 11.9 Å². The molecule has 2 saturated heterocycles. The molecule has 0 aromatic carbocycles. The molecule has 14 nitrogen and oxygen atoms in total. The van der Waals surface area contributed by atoms with E-state index in [9.17, 15) is 40.1 Å². The van der Waals surface area contributed by atoms with Crippen LogP contribution in [0.15, 0.2) is 58.4 Å². The Morgan fingerprint density at radius 1 is 1.04 bits per heavy atom. The lowest BCUT2D eigenvalue weighted by Crippen LogP contribution is -2.67. The number of ketones is 1. The fourth-order valence-corrected chi connectivity index (χ4v) is 11.0. The van der Waals surface area contributed by atoms with Gasteiger partial charge < -0.3 is 34.4 Å². The molecule has 0 aromatic heterocycles. The van der Waals surface area contributed by atoms with Crippen LogP contribution in [0.25, 0.3) is 0 Å². The van der Waals surface area contributed by atoms with Crippen molar-refractivity contribution < 1.29 is 59.2 Å². The predicted octanol–water partition coefficient (Wildman–Crippen LogP) is 4.79. The van der Waals surface area contributed by atoms with Crippen LogP contribution in [-0.4, -0.2) is 97.1 Å². The van der Waals surface area contributed by atoms with Gasteiger partial charge in [-0.2, -0.15) is 0 Å². The molecule has 3 fully saturated rings. The second-order valence-corrected chi connectivity index (χ2v) is 17.8. The van der Waals surface area contributed by atoms with E-state index < -0.39 is 76.8 Å². The van der Waals surface area contributed by atoms with E-state index in [4.69, 9.17) is 19.0 Å². The fraction of sp³-hybridized carbons (Fsp3) is 0.690. The second-order valence-electron chi connectivity index (χ2n) is 17.8. The smallest absolute Gasteiger partial charge is 0.346 e. The third kappa shape index (κ3) is 6.93. The maximum Gasteiger partial charge on any atom is 0.346 e. The molecule has 0 amide bonds. The van der Waals surface area contributed by atoms with Crippen molar-refractivity contribution >= 4 is 17.7 Å². The van der Waals surface area contributed by atoms with Gasteiger partial charge in [-0.1, -0.05) is 68.9 Å². The van der Waals surface area contributed by atoms with E-state index in [2.05, 4.69) is 12.4 Å². The molecule has 2 heterocycles. The zero-order chi connectivity index (χ0) is 41.2. The number of esters is 1. The van der Waals surface area contributed by atoms with Crippen LogP contribution in [0.2, 0.25) is 0 Å². The van der Waals surface area contributed by atoms with Gasteiger partial charge in [-0.3, -0.25) is 20.0 Å². The van der Waals surface area contributed by atoms with Crippen LogP contribution in [-0.2, 0) is 33.4 Å². The number of nitrogens with zero attached hydrogens (tertiary/aromatic N) is 1. The molecule has 6 N–H and O–H groups in total. The average molecular weight is 785 g/mol. The van der Waals surface area contributed by atoms with Crippen molar-refractivity contribution in [1.29, 1.82) is 0 Å². The Labute approximate surface area is 328 Å². The first kappa shape index (κ1) is 42.4. The number of Topliss-reactive ketones (excluding diaryl/α,β-unsaturated/α-hetero) is 1. The third-order valence-electron chi connectivity index (χ3n) is 14.1. The minimum atomic E-state index is -1.71. The van der Waals surface area contributed by atoms with Gasteiger partial charge in [0.15, 0.2) is 11.9 Å². The van der Waals surface area contributed by atoms with Crippen molar-refractivity contribution in [1.82, 2.24) is 10.7 Å². The van der Waals surface area contributed by atoms with Gasteiger partial charge in [-0.05, 0) is 75.4 Å². The number of carbonyl (C=O) groups excluding carboxylic acids is 3. The van der Waals surface area contributed by atoms with Gasteiger partial charge in [0.05, 0.1) is 36.5 Å². The van der Waals surface area contributed by atoms with E-state index in [1.54, 1.807) is 19.9 Å². The Hall–Kier alpha value is -3.21. The van der Waals surface area contributed by atoms with E-state index in [1.807, 2.05) is 58.9 Å². The van der Waals surface area contributed by atoms with Gasteiger partial charge in [0.25, 0.3) is 0 Å². The standard InChI is InChI=1S/C42H60N2O12/c1-20-10-13-31(54-32-18-40(8,44(51)52)36(25(6)53-32)43-56-26(7)46)21(2)15-28-16-27(19-45)24(5)17-42(28)38(49)33(39(50)55-42)37(48)41(9)30(20)12-11-29-34(41)22(3)14-23(4)35(29)47/h10-12,15-16,22-25,28-32,34-36,43,45,47-48,51-52H,13-14,17-19H2,1-9H3/b20-10-,21-15+,37-33?/t22-,23-,24+,25?,28-,29+,30-,31+,32?,34+,35-,36?,40?,41-,42+/m0/s1. The van der Waals surface area contributed by atoms with E-state index in [0.29, 0.717) is 24.0 Å². The van der Waals surface area contributed by atoms with E-state index in [-0.39, 0.29) is 65.6 Å². The number of nitrogens with one attached hydrogen (secondary N) is 1. The zero-order valence-electron chi connectivity index (χ0n) is 33.9. The Bertz CT molecular complexity index is 1750. The summed E-state index contributed by atoms with van der Waals surface area (Å²) in [7, 11) is 0. The highest BCUT2D eigenvalue weighted by Crippen LogP contribution is 2.60. The maximum absolute atomic E-state index is 15.0. The van der Waals surface area contributed by atoms with E-state index in [0.717, 1.165) is 5.57 Å². The SMILES string of the molecule is CC(=O)ONC1C(C)OC(O[C@@H]2C/C=C(/C)[C@@H]3C=C[C@H]4[C@@H](O)[C@@H](C)C[C@H](C)[C@H]4[C@@]3(C)C(O)=C3C(=O)O[C@@]4(C[C@@H](C)C(CO)=C[C@@H]4/C=C/2C)C3=O)CC1(C)N(O)O. The van der Waals surface area contributed by atoms with Crippen molar-refractivity contribution in [2.75, 3.05) is 6.61 Å². The highest BCUT2D eigenvalue weighted by atomic mass is 16.8. The molecule has 1 saturated carbocycles. The van der Waals surface area contributed by atoms with Crippen LogP contribution in [0.5, 0.6) is 0 Å². The molecule has 6 aliphatic rings. The number of fused-ring (bicyclic) bond motifs is 4. The summed E-state index contributed by atoms with van der Waals surface area (Å²) in [6, 6.07) is -0.869. The largest absolute Gasteiger partial charge is 0.511 e. The summed E-state index contributed by atoms with van der Waals surface area (Å²) in [5, 5.41) is 55.4. The summed E-state index contributed by atoms with van der Waals surface area (Å²) in [6.45, 7) is 15.8. The van der Waals surface area contributed by atoms with Gasteiger partial charge in [-0.25, -0.2) is 4.79 Å². The summed E-state index contributed by atoms with van der Waals surface area (Å²) in [5.41, 5.74) is 0.0833. The van der Waals surface area contributed by atoms with Crippen molar-refractivity contribution in [3.63, 3.8) is 0 Å². The Morgan fingerprint density at radius 3 is 2.38 bits per heavy atom. The topological polar surface area (TPSA) is 205 Å². The van der Waals surface area contributed by atoms with Crippen molar-refractivity contribution in [2.45, 2.75) is 130 Å². The third-order valence-corrected chi connectivity index (χ3v) is 14.1. The second kappa shape index (κ2) is 15.5. The van der Waals surface area contributed by atoms with Crippen LogP contribution >= 0.6 is 0 Å². The molecule has 56 heavy (non-hydrogen) atoms. The van der Waals surface area contributed by atoms with Crippen LogP contribution in [0.3, 0.4) is 0 Å². The Kier molecular flexibility index (Phi) is 11.7. The predicted molar refractivity (Wildman–Crippen MR) is 201 cm³/mol. The van der Waals surface area contributed by atoms with Crippen LogP contribution in [0.1, 0.15) is 88.0 Å². The van der Waals surface area contributed by atoms with Gasteiger partial charge in [0.2, 0.25) is 5.78 Å². The number of hydroxylamine groups is 3. The lowest BCUT2D eigenvalue weighted by Gasteiger charge is -2.55. The molecule has 15 atom stereocenters. The first-order valence-corrected chi connectivity index (χ1v) is 19.9. The van der Waals surface area contributed by atoms with Crippen molar-refractivity contribution in [3.8, 4) is 0 Å². The summed E-state index contributed by atoms with van der Waals surface area (Å²) in [5.74, 6) is -4.76. The first-order chi connectivity index (χ1) is 26.2. The minimum Gasteiger partial charge on any atom is -0.511 e. The molecule has 310 valence electrons. The molecule has 1 spiro atoms. The molecule has 0 radical (unpaired) electrons. The van der Waals surface area contributed by atoms with Crippen LogP contribution in [0, 0.1) is 46.8 Å². The number of allylic oxidation sites excluding steroid dienone is 3. The summed E-state index contributed by atoms with van der Waals surface area (Å²) < 4.78 is 19.2. The quantitative estimate of drug-likeness (QED) is 0.0928. The lowest BCUT2D eigenvalue weighted by atomic mass is 9.49. The van der Waals surface area contributed by atoms with Crippen LogP contribution in [0.4, 0.5) is 0 Å². The normalized spacial score (nSPS) is 46.1. The Morgan fingerprint density at radius 2 is 1.73 bits per heavy atom. The number of carbonyl (C=O) groups is 3. The molecular weight excluding hydrogens is 724 g/mol. The minimum absolute atomic E-state index is 0.00518. The molecule has 4 aliphatic carbocycles. The number of ether oxygens (including phenoxy) is 3. The summed E-state index contributed by atoms with van der Waals surface area (Å²) >= 11 is 0. The first-order valence-electron chi connectivity index (χ1n) is 19.9. The summed E-state index contributed by atoms with van der Waals surface area (Å²) in [4.78, 5) is 45.8. The van der Waals surface area contributed by atoms with Gasteiger partial charge in [0.1, 0.15) is 11.3 Å². The molecule has 2 aliphatic heterocycles. The van der Waals surface area contributed by atoms with Crippen molar-refractivity contribution in [3.05, 3.63) is 58.4 Å². The molecule has 4 unspecified atom stereocenters. The number of hydrogen-bond donors (Lipinski definition) is 6. The molecule has 14 heteroatoms. The molecular formula is C42H60N2O12. The zero-order valence-corrected chi connectivity index (χ0v) is 33.9. The van der Waals surface area contributed by atoms with E-state index in [1.165, 1.54) is 6.92 Å². The summed E-state index contributed by atoms with van der Waals surface area (Å²) in [6.07, 6.45) is 7.45. The van der Waals surface area contributed by atoms with E-state index >= 15 is 0 Å². The maximum atomic E-state index is 15.0. The number of aliphatic hydroxyl groups is 3. The molecule has 0 aromatic rings. The average Bonchev–Trinajstić information content (AvgIpc) is 3.36. The van der Waals surface area contributed by atoms with Crippen LogP contribution < -0.4 is 5.48 Å². The molecule has 6 rings (SSSR count). The fourth-order valence-electron chi connectivity index (χ4n) is 11.0. The molecule has 2 bridgehead atoms. The van der Waals surface area contributed by atoms with Crippen molar-refractivity contribution in [2.24, 2.45) is 46.8 Å². The number of hydrogen-bond acceptors (Lipinski definition) is 14. The highest BCUT2D eigenvalue weighted by Gasteiger charge is 2.63. The number of rotatable bonds is 6. The monoisotopic (exact) mass is 784 g/mol. The Balaban J connectivity index is 1.50. The number of aliphatic hydroxyl groups excluding tert-OH is 3. The highest BCUT2D eigenvalue weighted by molar-refractivity contribution is 6.26.